The Kier molecular flexibility index (Phi) is 4.60. The van der Waals surface area contributed by atoms with E-state index < -0.39 is 0 Å². The van der Waals surface area contributed by atoms with Gasteiger partial charge in [0.1, 0.15) is 6.61 Å². The van der Waals surface area contributed by atoms with Gasteiger partial charge in [-0.3, -0.25) is 4.79 Å². The number of ether oxygens (including phenoxy) is 1. The van der Waals surface area contributed by atoms with E-state index in [9.17, 15) is 4.79 Å². The minimum atomic E-state index is 0.0424. The van der Waals surface area contributed by atoms with E-state index >= 15 is 0 Å². The molecule has 0 aromatic carbocycles. The lowest BCUT2D eigenvalue weighted by Gasteiger charge is -2.22. The van der Waals surface area contributed by atoms with Gasteiger partial charge in [-0.2, -0.15) is 0 Å². The van der Waals surface area contributed by atoms with Gasteiger partial charge in [-0.05, 0) is 50.6 Å². The number of nitrogens with one attached hydrogen (secondary N) is 2. The van der Waals surface area contributed by atoms with E-state index in [1.165, 1.54) is 25.7 Å². The second-order valence-corrected chi connectivity index (χ2v) is 4.96. The molecule has 1 aliphatic heterocycles. The Morgan fingerprint density at radius 3 is 2.62 bits per heavy atom. The summed E-state index contributed by atoms with van der Waals surface area (Å²) in [4.78, 5) is 11.4. The number of carbonyl (C=O) groups is 1. The van der Waals surface area contributed by atoms with Gasteiger partial charge in [0.15, 0.2) is 0 Å². The van der Waals surface area contributed by atoms with Gasteiger partial charge in [0, 0.05) is 6.54 Å². The van der Waals surface area contributed by atoms with Crippen LogP contribution in [0.2, 0.25) is 0 Å². The molecule has 0 radical (unpaired) electrons. The Balaban J connectivity index is 1.47. The topological polar surface area (TPSA) is 50.4 Å². The van der Waals surface area contributed by atoms with Crippen LogP contribution in [-0.2, 0) is 9.53 Å². The molecule has 0 bridgehead atoms. The number of hydrogen-bond donors (Lipinski definition) is 2. The third kappa shape index (κ3) is 4.49. The fourth-order valence-electron chi connectivity index (χ4n) is 2.00. The number of rotatable bonds is 6. The van der Waals surface area contributed by atoms with Crippen LogP contribution in [-0.4, -0.2) is 38.8 Å². The molecule has 0 aromatic rings. The third-order valence-corrected chi connectivity index (χ3v) is 3.33. The molecule has 2 aliphatic rings. The fourth-order valence-corrected chi connectivity index (χ4v) is 2.00. The average molecular weight is 226 g/mol. The van der Waals surface area contributed by atoms with Gasteiger partial charge < -0.3 is 15.4 Å². The lowest BCUT2D eigenvalue weighted by molar-refractivity contribution is -0.126. The highest BCUT2D eigenvalue weighted by molar-refractivity contribution is 5.77. The Hall–Kier alpha value is -0.610. The van der Waals surface area contributed by atoms with E-state index in [2.05, 4.69) is 10.6 Å². The first-order valence-corrected chi connectivity index (χ1v) is 6.40. The summed E-state index contributed by atoms with van der Waals surface area (Å²) in [7, 11) is 0. The molecule has 92 valence electrons. The van der Waals surface area contributed by atoms with Crippen molar-refractivity contribution in [1.29, 1.82) is 0 Å². The van der Waals surface area contributed by atoms with E-state index in [1.807, 2.05) is 0 Å². The Bertz CT molecular complexity index is 223. The van der Waals surface area contributed by atoms with E-state index in [0.717, 1.165) is 32.2 Å². The first kappa shape index (κ1) is 11.9. The van der Waals surface area contributed by atoms with Gasteiger partial charge in [0.2, 0.25) is 5.91 Å². The van der Waals surface area contributed by atoms with Crippen molar-refractivity contribution in [1.82, 2.24) is 10.6 Å². The van der Waals surface area contributed by atoms with Gasteiger partial charge in [-0.15, -0.1) is 0 Å². The monoisotopic (exact) mass is 226 g/mol. The molecule has 1 saturated heterocycles. The molecule has 2 N–H and O–H groups in total. The van der Waals surface area contributed by atoms with Crippen LogP contribution in [0.5, 0.6) is 0 Å². The summed E-state index contributed by atoms with van der Waals surface area (Å²) in [5.41, 5.74) is 0. The minimum Gasteiger partial charge on any atom is -0.371 e. The lowest BCUT2D eigenvalue weighted by Crippen LogP contribution is -2.32. The molecule has 16 heavy (non-hydrogen) atoms. The predicted molar refractivity (Wildman–Crippen MR) is 62.1 cm³/mol. The molecule has 1 aliphatic carbocycles. The van der Waals surface area contributed by atoms with E-state index in [-0.39, 0.29) is 12.5 Å². The molecule has 2 rings (SSSR count). The molecule has 2 fully saturated rings. The van der Waals surface area contributed by atoms with Crippen molar-refractivity contribution in [3.05, 3.63) is 0 Å². The standard InChI is InChI=1S/C12H22N2O2/c15-12(14-7-10-1-2-10)9-16-8-11-3-5-13-6-4-11/h10-11,13H,1-9H2,(H,14,15). The van der Waals surface area contributed by atoms with E-state index in [4.69, 9.17) is 4.74 Å². The van der Waals surface area contributed by atoms with Crippen molar-refractivity contribution in [3.8, 4) is 0 Å². The predicted octanol–water partition coefficient (Wildman–Crippen LogP) is 0.529. The first-order chi connectivity index (χ1) is 7.84. The molecule has 0 atom stereocenters. The van der Waals surface area contributed by atoms with Gasteiger partial charge in [0.25, 0.3) is 0 Å². The maximum absolute atomic E-state index is 11.4. The maximum atomic E-state index is 11.4. The van der Waals surface area contributed by atoms with Gasteiger partial charge >= 0.3 is 0 Å². The molecular formula is C12H22N2O2. The number of carbonyl (C=O) groups excluding carboxylic acids is 1. The first-order valence-electron chi connectivity index (χ1n) is 6.40. The van der Waals surface area contributed by atoms with E-state index in [0.29, 0.717) is 5.92 Å². The number of piperidine rings is 1. The van der Waals surface area contributed by atoms with Crippen LogP contribution in [0.3, 0.4) is 0 Å². The molecule has 0 spiro atoms. The van der Waals surface area contributed by atoms with Crippen molar-refractivity contribution in [2.24, 2.45) is 11.8 Å². The molecule has 0 aromatic heterocycles. The summed E-state index contributed by atoms with van der Waals surface area (Å²) in [6.07, 6.45) is 4.89. The second-order valence-electron chi connectivity index (χ2n) is 4.96. The molecule has 1 heterocycles. The number of hydrogen-bond acceptors (Lipinski definition) is 3. The smallest absolute Gasteiger partial charge is 0.246 e. The lowest BCUT2D eigenvalue weighted by atomic mass is 9.99. The summed E-state index contributed by atoms with van der Waals surface area (Å²) in [5.74, 6) is 1.42. The molecular weight excluding hydrogens is 204 g/mol. The minimum absolute atomic E-state index is 0.0424. The zero-order chi connectivity index (χ0) is 11.2. The zero-order valence-corrected chi connectivity index (χ0v) is 9.84. The molecule has 4 nitrogen and oxygen atoms in total. The van der Waals surface area contributed by atoms with Crippen LogP contribution in [0.15, 0.2) is 0 Å². The van der Waals surface area contributed by atoms with Crippen LogP contribution >= 0.6 is 0 Å². The van der Waals surface area contributed by atoms with Crippen LogP contribution in [0.4, 0.5) is 0 Å². The quantitative estimate of drug-likeness (QED) is 0.694. The van der Waals surface area contributed by atoms with Crippen molar-refractivity contribution in [3.63, 3.8) is 0 Å². The fraction of sp³-hybridized carbons (Fsp3) is 0.917. The van der Waals surface area contributed by atoms with Crippen LogP contribution in [0.1, 0.15) is 25.7 Å². The molecule has 4 heteroatoms. The van der Waals surface area contributed by atoms with Crippen molar-refractivity contribution >= 4 is 5.91 Å². The van der Waals surface area contributed by atoms with Crippen molar-refractivity contribution in [2.45, 2.75) is 25.7 Å². The highest BCUT2D eigenvalue weighted by Crippen LogP contribution is 2.27. The highest BCUT2D eigenvalue weighted by atomic mass is 16.5. The van der Waals surface area contributed by atoms with Crippen molar-refractivity contribution < 1.29 is 9.53 Å². The average Bonchev–Trinajstić information content (AvgIpc) is 3.12. The molecule has 1 amide bonds. The summed E-state index contributed by atoms with van der Waals surface area (Å²) >= 11 is 0. The normalized spacial score (nSPS) is 22.0. The molecule has 1 saturated carbocycles. The Morgan fingerprint density at radius 1 is 1.19 bits per heavy atom. The summed E-state index contributed by atoms with van der Waals surface area (Å²) in [6.45, 7) is 3.98. The van der Waals surface area contributed by atoms with Crippen LogP contribution < -0.4 is 10.6 Å². The zero-order valence-electron chi connectivity index (χ0n) is 9.84. The maximum Gasteiger partial charge on any atom is 0.246 e. The van der Waals surface area contributed by atoms with Gasteiger partial charge in [-0.25, -0.2) is 0 Å². The summed E-state index contributed by atoms with van der Waals surface area (Å²) in [5, 5.41) is 6.22. The number of amides is 1. The molecule has 0 unspecified atom stereocenters. The largest absolute Gasteiger partial charge is 0.371 e. The summed E-state index contributed by atoms with van der Waals surface area (Å²) < 4.78 is 5.45. The summed E-state index contributed by atoms with van der Waals surface area (Å²) in [6, 6.07) is 0. The Labute approximate surface area is 97.1 Å². The van der Waals surface area contributed by atoms with Gasteiger partial charge in [-0.1, -0.05) is 0 Å². The highest BCUT2D eigenvalue weighted by Gasteiger charge is 2.21. The van der Waals surface area contributed by atoms with Gasteiger partial charge in [0.05, 0.1) is 6.61 Å². The second kappa shape index (κ2) is 6.21. The van der Waals surface area contributed by atoms with E-state index in [1.54, 1.807) is 0 Å². The SMILES string of the molecule is O=C(COCC1CCNCC1)NCC1CC1. The van der Waals surface area contributed by atoms with Crippen molar-refractivity contribution in [2.75, 3.05) is 32.8 Å². The third-order valence-electron chi connectivity index (χ3n) is 3.33. The van der Waals surface area contributed by atoms with Crippen LogP contribution in [0, 0.1) is 11.8 Å². The van der Waals surface area contributed by atoms with Crippen LogP contribution in [0.25, 0.3) is 0 Å². The Morgan fingerprint density at radius 2 is 1.94 bits per heavy atom.